The first-order chi connectivity index (χ1) is 11.8. The van der Waals surface area contributed by atoms with Crippen LogP contribution in [0.1, 0.15) is 37.0 Å². The maximum absolute atomic E-state index is 12.9. The number of nitrogens with two attached hydrogens (primary N) is 1. The lowest BCUT2D eigenvalue weighted by atomic mass is 9.97. The molecular weight excluding hydrogens is 377 g/mol. The van der Waals surface area contributed by atoms with Gasteiger partial charge in [0.1, 0.15) is 5.75 Å². The van der Waals surface area contributed by atoms with E-state index in [9.17, 15) is 9.59 Å². The maximum Gasteiger partial charge on any atom is 0.257 e. The first kappa shape index (κ1) is 22.4. The van der Waals surface area contributed by atoms with Crippen molar-refractivity contribution in [1.29, 1.82) is 0 Å². The number of methoxy groups -OCH3 is 1. The van der Waals surface area contributed by atoms with Crippen molar-refractivity contribution in [3.05, 3.63) is 22.7 Å². The Morgan fingerprint density at radius 3 is 2.73 bits per heavy atom. The number of carbonyl (C=O) groups is 2. The number of nitrogens with one attached hydrogen (secondary N) is 1. The number of amides is 2. The zero-order chi connectivity index (χ0) is 18.6. The number of hydrogen-bond donors (Lipinski definition) is 2. The monoisotopic (exact) mass is 403 g/mol. The van der Waals surface area contributed by atoms with Crippen LogP contribution in [0.5, 0.6) is 5.75 Å². The Morgan fingerprint density at radius 1 is 1.42 bits per heavy atom. The third kappa shape index (κ3) is 5.42. The quantitative estimate of drug-likeness (QED) is 0.739. The number of hydrogen-bond acceptors (Lipinski definition) is 4. The summed E-state index contributed by atoms with van der Waals surface area (Å²) in [4.78, 5) is 26.4. The van der Waals surface area contributed by atoms with E-state index in [0.29, 0.717) is 41.7 Å². The molecule has 2 amide bonds. The molecule has 0 spiro atoms. The second-order valence-corrected chi connectivity index (χ2v) is 7.14. The average molecular weight is 404 g/mol. The third-order valence-electron chi connectivity index (χ3n) is 4.44. The van der Waals surface area contributed by atoms with Crippen LogP contribution in [0.25, 0.3) is 0 Å². The molecule has 0 bridgehead atoms. The minimum absolute atomic E-state index is 0. The smallest absolute Gasteiger partial charge is 0.257 e. The number of nitrogens with zero attached hydrogens (tertiary/aromatic N) is 1. The van der Waals surface area contributed by atoms with Crippen molar-refractivity contribution in [3.63, 3.8) is 0 Å². The Labute approximate surface area is 165 Å². The fourth-order valence-corrected chi connectivity index (χ4v) is 3.10. The van der Waals surface area contributed by atoms with Crippen LogP contribution in [-0.4, -0.2) is 43.5 Å². The van der Waals surface area contributed by atoms with Crippen molar-refractivity contribution in [2.45, 2.75) is 26.7 Å². The van der Waals surface area contributed by atoms with Crippen LogP contribution in [0.3, 0.4) is 0 Å². The van der Waals surface area contributed by atoms with Gasteiger partial charge in [0.05, 0.1) is 23.4 Å². The summed E-state index contributed by atoms with van der Waals surface area (Å²) in [5.41, 5.74) is 6.57. The van der Waals surface area contributed by atoms with Gasteiger partial charge in [-0.3, -0.25) is 9.59 Å². The molecule has 0 aliphatic carbocycles. The molecule has 1 aliphatic heterocycles. The highest BCUT2D eigenvalue weighted by Gasteiger charge is 2.27. The zero-order valence-electron chi connectivity index (χ0n) is 15.4. The highest BCUT2D eigenvalue weighted by molar-refractivity contribution is 6.33. The first-order valence-electron chi connectivity index (χ1n) is 8.53. The third-order valence-corrected chi connectivity index (χ3v) is 4.77. The fourth-order valence-electron chi connectivity index (χ4n) is 2.94. The number of anilines is 1. The van der Waals surface area contributed by atoms with E-state index in [2.05, 4.69) is 5.32 Å². The molecule has 1 aromatic rings. The number of likely N-dealkylation sites (tertiary alicyclic amines) is 1. The van der Waals surface area contributed by atoms with Crippen molar-refractivity contribution in [2.75, 3.05) is 32.5 Å². The van der Waals surface area contributed by atoms with Crippen LogP contribution in [0.15, 0.2) is 12.1 Å². The summed E-state index contributed by atoms with van der Waals surface area (Å²) >= 11 is 6.07. The van der Waals surface area contributed by atoms with Gasteiger partial charge in [0.15, 0.2) is 0 Å². The van der Waals surface area contributed by atoms with Gasteiger partial charge in [-0.05, 0) is 24.8 Å². The van der Waals surface area contributed by atoms with E-state index < -0.39 is 0 Å². The van der Waals surface area contributed by atoms with E-state index in [1.165, 1.54) is 7.11 Å². The van der Waals surface area contributed by atoms with Crippen molar-refractivity contribution in [3.8, 4) is 5.75 Å². The molecule has 0 aromatic heterocycles. The number of piperidine rings is 1. The fraction of sp³-hybridized carbons (Fsp3) is 0.556. The van der Waals surface area contributed by atoms with Gasteiger partial charge in [-0.15, -0.1) is 12.4 Å². The second kappa shape index (κ2) is 9.88. The summed E-state index contributed by atoms with van der Waals surface area (Å²) < 4.78 is 5.28. The lowest BCUT2D eigenvalue weighted by Gasteiger charge is -2.33. The Hall–Kier alpha value is -1.66. The van der Waals surface area contributed by atoms with E-state index in [4.69, 9.17) is 22.1 Å². The summed E-state index contributed by atoms with van der Waals surface area (Å²) in [6.07, 6.45) is 1.89. The summed E-state index contributed by atoms with van der Waals surface area (Å²) in [6.45, 7) is 5.59. The van der Waals surface area contributed by atoms with Gasteiger partial charge < -0.3 is 20.7 Å². The molecule has 1 heterocycles. The maximum atomic E-state index is 12.9. The lowest BCUT2D eigenvalue weighted by molar-refractivity contribution is -0.124. The lowest BCUT2D eigenvalue weighted by Crippen LogP contribution is -2.44. The van der Waals surface area contributed by atoms with Gasteiger partial charge in [0, 0.05) is 31.6 Å². The number of rotatable bonds is 5. The minimum Gasteiger partial charge on any atom is -0.496 e. The van der Waals surface area contributed by atoms with Gasteiger partial charge in [0.25, 0.3) is 5.91 Å². The standard InChI is InChI=1S/C18H26ClN3O3.ClH/c1-11(2)17(23)21-9-12-5-4-6-22(10-12)18(24)13-7-14(19)15(20)8-16(13)25-3;/h7-8,11-12H,4-6,9-10,20H2,1-3H3,(H,21,23);1H. The van der Waals surface area contributed by atoms with E-state index in [0.717, 1.165) is 12.8 Å². The Balaban J connectivity index is 0.00000338. The number of nitrogen functional groups attached to an aromatic ring is 1. The second-order valence-electron chi connectivity index (χ2n) is 6.73. The molecule has 1 fully saturated rings. The molecule has 1 aromatic carbocycles. The molecule has 0 saturated carbocycles. The van der Waals surface area contributed by atoms with Crippen molar-refractivity contribution in [1.82, 2.24) is 10.2 Å². The summed E-state index contributed by atoms with van der Waals surface area (Å²) in [5, 5.41) is 3.29. The number of carbonyl (C=O) groups excluding carboxylic acids is 2. The predicted molar refractivity (Wildman–Crippen MR) is 106 cm³/mol. The predicted octanol–water partition coefficient (Wildman–Crippen LogP) is 2.98. The number of halogens is 2. The highest BCUT2D eigenvalue weighted by Crippen LogP contribution is 2.30. The van der Waals surface area contributed by atoms with Crippen molar-refractivity contribution < 1.29 is 14.3 Å². The molecule has 1 saturated heterocycles. The van der Waals surface area contributed by atoms with E-state index >= 15 is 0 Å². The largest absolute Gasteiger partial charge is 0.496 e. The van der Waals surface area contributed by atoms with Crippen LogP contribution < -0.4 is 15.8 Å². The summed E-state index contributed by atoms with van der Waals surface area (Å²) in [5.74, 6) is 0.536. The minimum atomic E-state index is -0.126. The van der Waals surface area contributed by atoms with E-state index in [1.54, 1.807) is 17.0 Å². The average Bonchev–Trinajstić information content (AvgIpc) is 2.61. The van der Waals surface area contributed by atoms with E-state index in [1.807, 2.05) is 13.8 Å². The molecular formula is C18H27Cl2N3O3. The molecule has 3 N–H and O–H groups in total. The van der Waals surface area contributed by atoms with Crippen LogP contribution >= 0.6 is 24.0 Å². The first-order valence-corrected chi connectivity index (χ1v) is 8.91. The van der Waals surface area contributed by atoms with Crippen LogP contribution in [0.2, 0.25) is 5.02 Å². The topological polar surface area (TPSA) is 84.7 Å². The molecule has 0 radical (unpaired) electrons. The van der Waals surface area contributed by atoms with Gasteiger partial charge >= 0.3 is 0 Å². The summed E-state index contributed by atoms with van der Waals surface area (Å²) in [6, 6.07) is 3.13. The molecule has 1 aliphatic rings. The molecule has 8 heteroatoms. The number of ether oxygens (including phenoxy) is 1. The van der Waals surface area contributed by atoms with E-state index in [-0.39, 0.29) is 36.1 Å². The van der Waals surface area contributed by atoms with Gasteiger partial charge in [0.2, 0.25) is 5.91 Å². The van der Waals surface area contributed by atoms with Crippen molar-refractivity contribution in [2.24, 2.45) is 11.8 Å². The highest BCUT2D eigenvalue weighted by atomic mass is 35.5. The Kier molecular flexibility index (Phi) is 8.50. The molecule has 1 unspecified atom stereocenters. The van der Waals surface area contributed by atoms with Gasteiger partial charge in [-0.1, -0.05) is 25.4 Å². The van der Waals surface area contributed by atoms with Crippen LogP contribution in [-0.2, 0) is 4.79 Å². The van der Waals surface area contributed by atoms with Crippen LogP contribution in [0, 0.1) is 11.8 Å². The SMILES string of the molecule is COc1cc(N)c(Cl)cc1C(=O)N1CCCC(CNC(=O)C(C)C)C1.Cl. The molecule has 26 heavy (non-hydrogen) atoms. The van der Waals surface area contributed by atoms with Gasteiger partial charge in [-0.25, -0.2) is 0 Å². The van der Waals surface area contributed by atoms with Crippen molar-refractivity contribution >= 4 is 41.5 Å². The molecule has 6 nitrogen and oxygen atoms in total. The molecule has 2 rings (SSSR count). The zero-order valence-corrected chi connectivity index (χ0v) is 17.0. The Morgan fingerprint density at radius 2 is 2.12 bits per heavy atom. The molecule has 1 atom stereocenters. The number of benzene rings is 1. The Bertz CT molecular complexity index is 653. The normalized spacial score (nSPS) is 16.8. The summed E-state index contributed by atoms with van der Waals surface area (Å²) in [7, 11) is 1.50. The van der Waals surface area contributed by atoms with Gasteiger partial charge in [-0.2, -0.15) is 0 Å². The molecule has 146 valence electrons. The van der Waals surface area contributed by atoms with Crippen LogP contribution in [0.4, 0.5) is 5.69 Å².